The monoisotopic (exact) mass is 238 g/mol. The first-order chi connectivity index (χ1) is 8.15. The Balaban J connectivity index is 2.39. The van der Waals surface area contributed by atoms with Crippen molar-refractivity contribution >= 4 is 11.8 Å². The number of carbonyl (C=O) groups is 2. The second-order valence-electron chi connectivity index (χ2n) is 4.49. The molecule has 0 spiro atoms. The molecule has 17 heavy (non-hydrogen) atoms. The second-order valence-corrected chi connectivity index (χ2v) is 4.49. The van der Waals surface area contributed by atoms with E-state index in [4.69, 9.17) is 5.73 Å². The lowest BCUT2D eigenvalue weighted by Gasteiger charge is -2.23. The number of imide groups is 1. The average Bonchev–Trinajstić information content (AvgIpc) is 2.29. The Morgan fingerprint density at radius 1 is 1.29 bits per heavy atom. The van der Waals surface area contributed by atoms with Crippen LogP contribution in [0.4, 0.5) is 0 Å². The van der Waals surface area contributed by atoms with Crippen LogP contribution in [0.25, 0.3) is 0 Å². The van der Waals surface area contributed by atoms with Crippen LogP contribution in [0.15, 0.2) is 11.8 Å². The van der Waals surface area contributed by atoms with Crippen molar-refractivity contribution in [3.05, 3.63) is 11.8 Å². The van der Waals surface area contributed by atoms with Crippen molar-refractivity contribution < 1.29 is 9.59 Å². The first kappa shape index (κ1) is 13.7. The fraction of sp³-hybridized carbons (Fsp3) is 0.692. The van der Waals surface area contributed by atoms with Gasteiger partial charge in [0, 0.05) is 25.1 Å². The number of hydrogen-bond acceptors (Lipinski definition) is 3. The minimum Gasteiger partial charge on any atom is -0.402 e. The number of allylic oxidation sites excluding steroid dienone is 1. The number of hydrogen-bond donors (Lipinski definition) is 1. The third-order valence-electron chi connectivity index (χ3n) is 2.99. The predicted molar refractivity (Wildman–Crippen MR) is 67.0 cm³/mol. The third-order valence-corrected chi connectivity index (χ3v) is 2.99. The third kappa shape index (κ3) is 4.59. The molecular weight excluding hydrogens is 216 g/mol. The van der Waals surface area contributed by atoms with Crippen LogP contribution < -0.4 is 5.73 Å². The summed E-state index contributed by atoms with van der Waals surface area (Å²) in [7, 11) is 0. The molecule has 1 fully saturated rings. The number of piperidine rings is 1. The van der Waals surface area contributed by atoms with Gasteiger partial charge in [-0.15, -0.1) is 0 Å². The molecule has 0 unspecified atom stereocenters. The Bertz CT molecular complexity index is 295. The van der Waals surface area contributed by atoms with Gasteiger partial charge in [0.25, 0.3) is 0 Å². The molecule has 0 aromatic heterocycles. The molecule has 1 aliphatic rings. The molecule has 0 radical (unpaired) electrons. The summed E-state index contributed by atoms with van der Waals surface area (Å²) in [5.41, 5.74) is 6.62. The number of unbranched alkanes of at least 4 members (excludes halogenated alkanes) is 2. The van der Waals surface area contributed by atoms with E-state index in [0.29, 0.717) is 25.8 Å². The van der Waals surface area contributed by atoms with Crippen LogP contribution in [0.1, 0.15) is 51.9 Å². The molecule has 1 aliphatic heterocycles. The summed E-state index contributed by atoms with van der Waals surface area (Å²) in [5.74, 6) is -0.141. The summed E-state index contributed by atoms with van der Waals surface area (Å²) < 4.78 is 0. The van der Waals surface area contributed by atoms with Gasteiger partial charge in [-0.3, -0.25) is 14.5 Å². The lowest BCUT2D eigenvalue weighted by molar-refractivity contribution is -0.147. The lowest BCUT2D eigenvalue weighted by Crippen LogP contribution is -2.40. The van der Waals surface area contributed by atoms with E-state index in [1.807, 2.05) is 0 Å². The van der Waals surface area contributed by atoms with Gasteiger partial charge >= 0.3 is 0 Å². The van der Waals surface area contributed by atoms with Crippen molar-refractivity contribution in [3.63, 3.8) is 0 Å². The van der Waals surface area contributed by atoms with Gasteiger partial charge in [-0.25, -0.2) is 0 Å². The number of amides is 2. The number of rotatable bonds is 6. The van der Waals surface area contributed by atoms with Crippen molar-refractivity contribution in [2.75, 3.05) is 6.54 Å². The van der Waals surface area contributed by atoms with Gasteiger partial charge in [0.15, 0.2) is 0 Å². The van der Waals surface area contributed by atoms with Gasteiger partial charge < -0.3 is 5.73 Å². The number of likely N-dealkylation sites (tertiary alicyclic amines) is 1. The van der Waals surface area contributed by atoms with Crippen molar-refractivity contribution in [3.8, 4) is 0 Å². The standard InChI is InChI=1S/C13H22N2O2/c1-2-3-4-6-11(14)9-10-15-12(16)7-5-8-13(15)17/h9H,2-8,10,14H2,1H3. The molecule has 0 aromatic rings. The Kier molecular flexibility index (Phi) is 5.73. The van der Waals surface area contributed by atoms with Crippen LogP contribution in [0, 0.1) is 0 Å². The lowest BCUT2D eigenvalue weighted by atomic mass is 10.1. The molecule has 2 N–H and O–H groups in total. The molecule has 0 saturated carbocycles. The number of nitrogens with two attached hydrogens (primary N) is 1. The van der Waals surface area contributed by atoms with E-state index >= 15 is 0 Å². The zero-order valence-corrected chi connectivity index (χ0v) is 10.6. The molecule has 96 valence electrons. The molecule has 1 saturated heterocycles. The summed E-state index contributed by atoms with van der Waals surface area (Å²) in [6.45, 7) is 2.49. The minimum atomic E-state index is -0.0705. The minimum absolute atomic E-state index is 0.0705. The van der Waals surface area contributed by atoms with Gasteiger partial charge in [-0.2, -0.15) is 0 Å². The normalized spacial score (nSPS) is 17.7. The van der Waals surface area contributed by atoms with E-state index in [1.165, 1.54) is 4.90 Å². The SMILES string of the molecule is CCCCCC(N)=CCN1C(=O)CCCC1=O. The van der Waals surface area contributed by atoms with E-state index in [0.717, 1.165) is 31.4 Å². The van der Waals surface area contributed by atoms with Crippen molar-refractivity contribution in [1.82, 2.24) is 4.90 Å². The van der Waals surface area contributed by atoms with Crippen LogP contribution in [-0.4, -0.2) is 23.3 Å². The van der Waals surface area contributed by atoms with Crippen LogP contribution >= 0.6 is 0 Å². The molecule has 1 rings (SSSR count). The summed E-state index contributed by atoms with van der Waals surface area (Å²) in [6.07, 6.45) is 7.70. The zero-order chi connectivity index (χ0) is 12.7. The largest absolute Gasteiger partial charge is 0.402 e. The van der Waals surface area contributed by atoms with E-state index in [9.17, 15) is 9.59 Å². The maximum atomic E-state index is 11.5. The summed E-state index contributed by atoms with van der Waals surface area (Å²) >= 11 is 0. The first-order valence-electron chi connectivity index (χ1n) is 6.43. The van der Waals surface area contributed by atoms with Crippen molar-refractivity contribution in [2.24, 2.45) is 5.73 Å². The smallest absolute Gasteiger partial charge is 0.229 e. The quantitative estimate of drug-likeness (QED) is 0.568. The van der Waals surface area contributed by atoms with Crippen molar-refractivity contribution in [2.45, 2.75) is 51.9 Å². The molecule has 4 heteroatoms. The zero-order valence-electron chi connectivity index (χ0n) is 10.6. The summed E-state index contributed by atoms with van der Waals surface area (Å²) in [6, 6.07) is 0. The highest BCUT2D eigenvalue weighted by Crippen LogP contribution is 2.12. The van der Waals surface area contributed by atoms with Gasteiger partial charge in [0.05, 0.1) is 0 Å². The molecule has 1 heterocycles. The molecular formula is C13H22N2O2. The van der Waals surface area contributed by atoms with Crippen LogP contribution in [0.5, 0.6) is 0 Å². The van der Waals surface area contributed by atoms with Crippen LogP contribution in [0.3, 0.4) is 0 Å². The Labute approximate surface area is 103 Å². The fourth-order valence-electron chi connectivity index (χ4n) is 1.89. The van der Waals surface area contributed by atoms with Crippen LogP contribution in [-0.2, 0) is 9.59 Å². The Morgan fingerprint density at radius 3 is 2.53 bits per heavy atom. The molecule has 0 aliphatic carbocycles. The van der Waals surface area contributed by atoms with E-state index in [1.54, 1.807) is 6.08 Å². The Hall–Kier alpha value is -1.32. The fourth-order valence-corrected chi connectivity index (χ4v) is 1.89. The molecule has 4 nitrogen and oxygen atoms in total. The van der Waals surface area contributed by atoms with Gasteiger partial charge in [0.1, 0.15) is 0 Å². The molecule has 2 amide bonds. The van der Waals surface area contributed by atoms with E-state index < -0.39 is 0 Å². The molecule has 0 aromatic carbocycles. The van der Waals surface area contributed by atoms with Gasteiger partial charge in [-0.1, -0.05) is 19.8 Å². The highest BCUT2D eigenvalue weighted by molar-refractivity contribution is 5.97. The topological polar surface area (TPSA) is 63.4 Å². The Morgan fingerprint density at radius 2 is 1.94 bits per heavy atom. The predicted octanol–water partition coefficient (Wildman–Crippen LogP) is 1.95. The average molecular weight is 238 g/mol. The van der Waals surface area contributed by atoms with Crippen molar-refractivity contribution in [1.29, 1.82) is 0 Å². The molecule has 0 atom stereocenters. The van der Waals surface area contributed by atoms with E-state index in [-0.39, 0.29) is 11.8 Å². The highest BCUT2D eigenvalue weighted by Gasteiger charge is 2.24. The molecule has 0 bridgehead atoms. The van der Waals surface area contributed by atoms with Gasteiger partial charge in [0.2, 0.25) is 11.8 Å². The second kappa shape index (κ2) is 7.09. The number of nitrogens with zero attached hydrogens (tertiary/aromatic N) is 1. The maximum absolute atomic E-state index is 11.5. The van der Waals surface area contributed by atoms with Crippen LogP contribution in [0.2, 0.25) is 0 Å². The summed E-state index contributed by atoms with van der Waals surface area (Å²) in [4.78, 5) is 24.3. The van der Waals surface area contributed by atoms with E-state index in [2.05, 4.69) is 6.92 Å². The maximum Gasteiger partial charge on any atom is 0.229 e. The number of carbonyl (C=O) groups excluding carboxylic acids is 2. The van der Waals surface area contributed by atoms with Gasteiger partial charge in [-0.05, 0) is 25.3 Å². The first-order valence-corrected chi connectivity index (χ1v) is 6.43. The summed E-state index contributed by atoms with van der Waals surface area (Å²) in [5, 5.41) is 0. The highest BCUT2D eigenvalue weighted by atomic mass is 16.2.